The highest BCUT2D eigenvalue weighted by Crippen LogP contribution is 2.48. The van der Waals surface area contributed by atoms with E-state index in [4.69, 9.17) is 16.3 Å². The quantitative estimate of drug-likeness (QED) is 0.195. The number of ether oxygens (including phenoxy) is 1. The van der Waals surface area contributed by atoms with E-state index in [9.17, 15) is 45.5 Å². The van der Waals surface area contributed by atoms with E-state index >= 15 is 4.79 Å². The number of hydrogen-bond acceptors (Lipinski definition) is 9. The number of sulfonamides is 1. The highest BCUT2D eigenvalue weighted by atomic mass is 35.5. The fourth-order valence-electron chi connectivity index (χ4n) is 8.59. The molecule has 1 aromatic carbocycles. The largest absolute Gasteiger partial charge is 0.472 e. The Balaban J connectivity index is 1.31. The summed E-state index contributed by atoms with van der Waals surface area (Å²) in [4.78, 5) is 66.4. The lowest BCUT2D eigenvalue weighted by Gasteiger charge is -2.45. The van der Waals surface area contributed by atoms with Crippen LogP contribution >= 0.6 is 11.6 Å². The fourth-order valence-corrected chi connectivity index (χ4v) is 10.2. The molecular weight excluding hydrogens is 838 g/mol. The smallest absolute Gasteiger partial charge is 0.411 e. The number of benzene rings is 1. The summed E-state index contributed by atoms with van der Waals surface area (Å²) in [6, 6.07) is 1.40. The molecule has 15 nitrogen and oxygen atoms in total. The van der Waals surface area contributed by atoms with Gasteiger partial charge in [-0.3, -0.25) is 28.4 Å². The molecule has 3 aromatic rings. The monoisotopic (exact) mass is 883 g/mol. The number of imidazole rings is 1. The molecule has 1 saturated heterocycles. The van der Waals surface area contributed by atoms with E-state index in [0.717, 1.165) is 4.90 Å². The zero-order valence-electron chi connectivity index (χ0n) is 33.2. The zero-order chi connectivity index (χ0) is 43.7. The van der Waals surface area contributed by atoms with Crippen molar-refractivity contribution in [1.29, 1.82) is 0 Å². The molecule has 3 fully saturated rings. The van der Waals surface area contributed by atoms with Crippen LogP contribution < -0.4 is 14.8 Å². The number of allylic oxidation sites excluding steroid dienone is 1. The van der Waals surface area contributed by atoms with Crippen LogP contribution in [0.4, 0.5) is 22.4 Å². The molecule has 3 N–H and O–H groups in total. The number of rotatable bonds is 8. The van der Waals surface area contributed by atoms with Gasteiger partial charge in [-0.05, 0) is 82.4 Å². The number of aromatic nitrogens is 3. The van der Waals surface area contributed by atoms with Crippen molar-refractivity contribution in [2.75, 3.05) is 13.2 Å². The van der Waals surface area contributed by atoms with Crippen LogP contribution in [0.1, 0.15) is 72.6 Å². The number of nitrogens with zero attached hydrogens (tertiary/aromatic N) is 5. The Labute approximate surface area is 347 Å². The van der Waals surface area contributed by atoms with Gasteiger partial charge >= 0.3 is 12.3 Å². The average molecular weight is 884 g/mol. The summed E-state index contributed by atoms with van der Waals surface area (Å²) in [5, 5.41) is 13.9. The minimum Gasteiger partial charge on any atom is -0.472 e. The predicted molar refractivity (Wildman–Crippen MR) is 209 cm³/mol. The minimum absolute atomic E-state index is 0.00449. The Kier molecular flexibility index (Phi) is 11.1. The van der Waals surface area contributed by atoms with E-state index in [1.165, 1.54) is 13.1 Å². The summed E-state index contributed by atoms with van der Waals surface area (Å²) in [6.45, 7) is 2.98. The number of fused-ring (bicyclic) bond motifs is 5. The van der Waals surface area contributed by atoms with Gasteiger partial charge in [0.05, 0.1) is 17.4 Å². The van der Waals surface area contributed by atoms with Crippen LogP contribution in [0, 0.1) is 17.8 Å². The van der Waals surface area contributed by atoms with Gasteiger partial charge in [-0.2, -0.15) is 18.2 Å². The van der Waals surface area contributed by atoms with Crippen molar-refractivity contribution in [1.82, 2.24) is 34.2 Å². The van der Waals surface area contributed by atoms with Crippen molar-refractivity contribution in [3.05, 3.63) is 47.8 Å². The highest BCUT2D eigenvalue weighted by Gasteiger charge is 2.64. The number of nitrogens with one attached hydrogen (secondary N) is 2. The predicted octanol–water partition coefficient (Wildman–Crippen LogP) is 5.41. The van der Waals surface area contributed by atoms with E-state index in [-0.39, 0.29) is 54.6 Å². The Morgan fingerprint density at radius 3 is 2.53 bits per heavy atom. The van der Waals surface area contributed by atoms with Crippen LogP contribution in [0.15, 0.2) is 42.7 Å². The maximum Gasteiger partial charge on any atom is 0.411 e. The van der Waals surface area contributed by atoms with E-state index in [2.05, 4.69) is 15.3 Å². The molecule has 2 aromatic heterocycles. The Morgan fingerprint density at radius 2 is 1.88 bits per heavy atom. The average Bonchev–Trinajstić information content (AvgIpc) is 4.00. The van der Waals surface area contributed by atoms with Crippen molar-refractivity contribution in [3.63, 3.8) is 0 Å². The molecule has 2 aliphatic carbocycles. The third-order valence-electron chi connectivity index (χ3n) is 12.6. The van der Waals surface area contributed by atoms with Gasteiger partial charge in [0.15, 0.2) is 0 Å². The molecule has 4 aliphatic rings. The normalized spacial score (nSPS) is 28.6. The van der Waals surface area contributed by atoms with Crippen LogP contribution in [0.25, 0.3) is 16.7 Å². The van der Waals surface area contributed by atoms with Gasteiger partial charge in [0.25, 0.3) is 5.91 Å². The summed E-state index contributed by atoms with van der Waals surface area (Å²) in [5.74, 6) is -4.90. The number of hydrogen-bond donors (Lipinski definition) is 3. The van der Waals surface area contributed by atoms with E-state index < -0.39 is 99.1 Å². The fraction of sp³-hybridized carbons (Fsp3) is 0.590. The SMILES string of the molecule is C[C@H]1CCC=C[C@@H]2C[C@@]2(C(=O)NS(=O)(=O)C2(CF)CC2)NC(=O)[C@@H]2C[C@@H](Oc3nc4nccn4c4ccc(Cl)cc34)CN2C(=O)[C@@H](N(C(=O)O)C(C)(C)C(F)(F)F)[C@H](C)C1. The topological polar surface area (TPSA) is 193 Å². The van der Waals surface area contributed by atoms with Gasteiger partial charge in [-0.15, -0.1) is 0 Å². The third-order valence-corrected chi connectivity index (χ3v) is 14.9. The van der Waals surface area contributed by atoms with Gasteiger partial charge in [-0.1, -0.05) is 37.6 Å². The van der Waals surface area contributed by atoms with Crippen LogP contribution in [0.2, 0.25) is 5.02 Å². The van der Waals surface area contributed by atoms with E-state index in [0.29, 0.717) is 42.6 Å². The number of halogens is 5. The standard InChI is InChI=1S/C39H46ClF4N7O8S/c1-21-7-5-6-8-23-18-38(23,33(54)48-60(57,58)37(20-41)11-12-37)47-30(52)28-17-25(59-31-26-16-24(40)9-10-27(26)49-14-13-45-34(49)46-31)19-50(28)32(53)29(22(2)15-21)51(35(55)56)36(3,4)39(42,43)44/h6,8-10,13-14,16,21-23,25,28-29H,5,7,11-12,15,17-20H2,1-4H3,(H,47,52)(H,48,54)(H,55,56)/t21-,22+,23+,25+,28-,29-,38+/m0/s1. The molecule has 0 bridgehead atoms. The highest BCUT2D eigenvalue weighted by molar-refractivity contribution is 7.91. The summed E-state index contributed by atoms with van der Waals surface area (Å²) >= 11 is 6.35. The molecule has 7 atom stereocenters. The Bertz CT molecular complexity index is 2370. The summed E-state index contributed by atoms with van der Waals surface area (Å²) < 4.78 is 92.8. The molecule has 0 spiro atoms. The second-order valence-corrected chi connectivity index (χ2v) is 19.7. The van der Waals surface area contributed by atoms with Gasteiger partial charge in [0, 0.05) is 29.8 Å². The van der Waals surface area contributed by atoms with E-state index in [1.807, 2.05) is 11.6 Å². The molecule has 21 heteroatoms. The number of amides is 4. The van der Waals surface area contributed by atoms with Crippen molar-refractivity contribution in [3.8, 4) is 5.88 Å². The van der Waals surface area contributed by atoms with Crippen LogP contribution in [-0.4, -0.2) is 115 Å². The third kappa shape index (κ3) is 7.62. The first kappa shape index (κ1) is 43.4. The Morgan fingerprint density at radius 1 is 1.17 bits per heavy atom. The lowest BCUT2D eigenvalue weighted by Crippen LogP contribution is -2.66. The minimum atomic E-state index is -5.13. The van der Waals surface area contributed by atoms with Crippen molar-refractivity contribution in [2.45, 2.75) is 113 Å². The van der Waals surface area contributed by atoms with Gasteiger partial charge < -0.3 is 20.1 Å². The van der Waals surface area contributed by atoms with Gasteiger partial charge in [-0.25, -0.2) is 22.6 Å². The molecule has 2 saturated carbocycles. The zero-order valence-corrected chi connectivity index (χ0v) is 34.8. The first-order chi connectivity index (χ1) is 28.1. The lowest BCUT2D eigenvalue weighted by molar-refractivity contribution is -0.222. The molecule has 4 heterocycles. The summed E-state index contributed by atoms with van der Waals surface area (Å²) in [5.41, 5.74) is -4.35. The molecule has 0 radical (unpaired) electrons. The molecule has 0 unspecified atom stereocenters. The maximum absolute atomic E-state index is 15.1. The molecule has 7 rings (SSSR count). The molecule has 60 heavy (non-hydrogen) atoms. The van der Waals surface area contributed by atoms with Crippen LogP contribution in [0.3, 0.4) is 0 Å². The number of carboxylic acid groups (broad SMARTS) is 1. The number of carbonyl (C=O) groups excluding carboxylic acids is 3. The number of carbonyl (C=O) groups is 4. The number of alkyl halides is 4. The molecule has 2 aliphatic heterocycles. The first-order valence-electron chi connectivity index (χ1n) is 19.7. The molecule has 4 amide bonds. The first-order valence-corrected chi connectivity index (χ1v) is 21.5. The van der Waals surface area contributed by atoms with Crippen LogP contribution in [-0.2, 0) is 24.4 Å². The lowest BCUT2D eigenvalue weighted by atomic mass is 9.85. The van der Waals surface area contributed by atoms with E-state index in [1.54, 1.807) is 40.9 Å². The second kappa shape index (κ2) is 15.3. The summed E-state index contributed by atoms with van der Waals surface area (Å²) in [6.07, 6.45) is -1.03. The molecule has 326 valence electrons. The van der Waals surface area contributed by atoms with Gasteiger partial charge in [0.2, 0.25) is 33.5 Å². The molecular formula is C39H46ClF4N7O8S. The van der Waals surface area contributed by atoms with Gasteiger partial charge in [0.1, 0.15) is 40.7 Å². The van der Waals surface area contributed by atoms with Crippen LogP contribution in [0.5, 0.6) is 5.88 Å². The van der Waals surface area contributed by atoms with Crippen molar-refractivity contribution >= 4 is 62.1 Å². The summed E-state index contributed by atoms with van der Waals surface area (Å²) in [7, 11) is -4.52. The second-order valence-electron chi connectivity index (χ2n) is 17.2. The van der Waals surface area contributed by atoms with Crippen molar-refractivity contribution < 1.29 is 55.0 Å². The maximum atomic E-state index is 15.1. The Hall–Kier alpha value is -4.72. The van der Waals surface area contributed by atoms with Crippen molar-refractivity contribution in [2.24, 2.45) is 17.8 Å².